The third-order valence-electron chi connectivity index (χ3n) is 3.41. The Labute approximate surface area is 137 Å². The molecule has 0 saturated carbocycles. The number of Topliss-reactive ketones (excluding diaryl/α,β-unsaturated/α-hetero) is 1. The summed E-state index contributed by atoms with van der Waals surface area (Å²) in [7, 11) is 1.28. The second kappa shape index (κ2) is 7.23. The summed E-state index contributed by atoms with van der Waals surface area (Å²) in [6, 6.07) is 3.43. The van der Waals surface area contributed by atoms with Gasteiger partial charge in [0.05, 0.1) is 17.6 Å². The van der Waals surface area contributed by atoms with Crippen LogP contribution in [0, 0.1) is 6.92 Å². The van der Waals surface area contributed by atoms with Crippen molar-refractivity contribution in [1.29, 1.82) is 0 Å². The van der Waals surface area contributed by atoms with Crippen molar-refractivity contribution in [2.45, 2.75) is 20.3 Å². The number of methoxy groups -OCH3 is 1. The number of rotatable bonds is 6. The number of ketones is 1. The number of esters is 2. The summed E-state index contributed by atoms with van der Waals surface area (Å²) in [5, 5.41) is 1.78. The van der Waals surface area contributed by atoms with Crippen molar-refractivity contribution in [3.63, 3.8) is 0 Å². The zero-order valence-corrected chi connectivity index (χ0v) is 13.9. The fraction of sp³-hybridized carbons (Fsp3) is 0.312. The van der Waals surface area contributed by atoms with Crippen LogP contribution in [0.5, 0.6) is 0 Å². The second-order valence-electron chi connectivity index (χ2n) is 4.80. The Kier molecular flexibility index (Phi) is 5.33. The second-order valence-corrected chi connectivity index (χ2v) is 5.75. The average Bonchev–Trinajstić information content (AvgIpc) is 3.19. The lowest BCUT2D eigenvalue weighted by atomic mass is 10.1. The van der Waals surface area contributed by atoms with Gasteiger partial charge in [-0.1, -0.05) is 13.0 Å². The number of aryl methyl sites for hydroxylation is 1. The van der Waals surface area contributed by atoms with Crippen LogP contribution in [-0.2, 0) is 15.9 Å². The van der Waals surface area contributed by atoms with Crippen molar-refractivity contribution in [3.8, 4) is 0 Å². The first-order valence-corrected chi connectivity index (χ1v) is 7.91. The molecule has 0 aromatic carbocycles. The number of hydrogen-bond acceptors (Lipinski definition) is 6. The van der Waals surface area contributed by atoms with Crippen LogP contribution in [0.2, 0.25) is 0 Å². The van der Waals surface area contributed by atoms with Crippen LogP contribution in [0.1, 0.15) is 48.7 Å². The van der Waals surface area contributed by atoms with Crippen molar-refractivity contribution in [2.24, 2.45) is 0 Å². The van der Waals surface area contributed by atoms with Gasteiger partial charge in [-0.3, -0.25) is 4.79 Å². The first-order valence-electron chi connectivity index (χ1n) is 7.03. The minimum atomic E-state index is -0.669. The molecule has 1 N–H and O–H groups in total. The van der Waals surface area contributed by atoms with Crippen LogP contribution in [0.4, 0.5) is 0 Å². The molecule has 6 nitrogen and oxygen atoms in total. The predicted molar refractivity (Wildman–Crippen MR) is 85.2 cm³/mol. The van der Waals surface area contributed by atoms with Crippen molar-refractivity contribution in [2.75, 3.05) is 13.7 Å². The van der Waals surface area contributed by atoms with E-state index in [4.69, 9.17) is 9.47 Å². The SMILES string of the molecule is CCc1[nH]c(C(=O)OCC(=O)c2cccs2)c(C)c1C(=O)OC. The molecule has 0 unspecified atom stereocenters. The zero-order chi connectivity index (χ0) is 17.0. The van der Waals surface area contributed by atoms with Gasteiger partial charge in [0.1, 0.15) is 5.69 Å². The highest BCUT2D eigenvalue weighted by Gasteiger charge is 2.25. The van der Waals surface area contributed by atoms with E-state index in [1.165, 1.54) is 18.4 Å². The number of carbonyl (C=O) groups excluding carboxylic acids is 3. The molecule has 0 aliphatic rings. The van der Waals surface area contributed by atoms with Gasteiger partial charge in [0.2, 0.25) is 5.78 Å². The van der Waals surface area contributed by atoms with Gasteiger partial charge in [-0.15, -0.1) is 11.3 Å². The molecule has 0 aliphatic heterocycles. The van der Waals surface area contributed by atoms with Gasteiger partial charge in [-0.25, -0.2) is 9.59 Å². The molecule has 2 aromatic rings. The maximum absolute atomic E-state index is 12.2. The molecule has 0 bridgehead atoms. The van der Waals surface area contributed by atoms with Gasteiger partial charge in [0, 0.05) is 5.69 Å². The number of thiophene rings is 1. The van der Waals surface area contributed by atoms with E-state index < -0.39 is 11.9 Å². The van der Waals surface area contributed by atoms with E-state index in [0.717, 1.165) is 0 Å². The van der Waals surface area contributed by atoms with E-state index in [1.807, 2.05) is 6.92 Å². The maximum Gasteiger partial charge on any atom is 0.355 e. The predicted octanol–water partition coefficient (Wildman–Crippen LogP) is 2.77. The van der Waals surface area contributed by atoms with Gasteiger partial charge in [-0.2, -0.15) is 0 Å². The Morgan fingerprint density at radius 2 is 2.00 bits per heavy atom. The third-order valence-corrected chi connectivity index (χ3v) is 4.32. The Hall–Kier alpha value is -2.41. The highest BCUT2D eigenvalue weighted by Crippen LogP contribution is 2.21. The van der Waals surface area contributed by atoms with Crippen LogP contribution in [0.15, 0.2) is 17.5 Å². The molecule has 2 aromatic heterocycles. The summed E-state index contributed by atoms with van der Waals surface area (Å²) >= 11 is 1.29. The average molecular weight is 335 g/mol. The van der Waals surface area contributed by atoms with Gasteiger partial charge in [0.25, 0.3) is 0 Å². The first kappa shape index (κ1) is 17.0. The molecule has 0 amide bonds. The smallest absolute Gasteiger partial charge is 0.355 e. The molecule has 0 fully saturated rings. The van der Waals surface area contributed by atoms with Crippen LogP contribution in [-0.4, -0.2) is 36.4 Å². The molecular formula is C16H17NO5S. The van der Waals surface area contributed by atoms with E-state index in [-0.39, 0.29) is 18.1 Å². The summed E-state index contributed by atoms with van der Waals surface area (Å²) in [6.07, 6.45) is 0.534. The van der Waals surface area contributed by atoms with Gasteiger partial charge >= 0.3 is 11.9 Å². The van der Waals surface area contributed by atoms with Crippen LogP contribution >= 0.6 is 11.3 Å². The number of H-pyrrole nitrogens is 1. The molecule has 23 heavy (non-hydrogen) atoms. The Morgan fingerprint density at radius 3 is 2.57 bits per heavy atom. The lowest BCUT2D eigenvalue weighted by molar-refractivity contribution is 0.0469. The largest absolute Gasteiger partial charge is 0.465 e. The normalized spacial score (nSPS) is 10.4. The Balaban J connectivity index is 2.15. The summed E-state index contributed by atoms with van der Waals surface area (Å²) in [5.74, 6) is -1.44. The van der Waals surface area contributed by atoms with E-state index in [2.05, 4.69) is 4.98 Å². The fourth-order valence-electron chi connectivity index (χ4n) is 2.22. The van der Waals surface area contributed by atoms with Crippen LogP contribution < -0.4 is 0 Å². The molecule has 0 saturated heterocycles. The molecule has 0 spiro atoms. The quantitative estimate of drug-likeness (QED) is 0.648. The van der Waals surface area contributed by atoms with Crippen molar-refractivity contribution >= 4 is 29.1 Å². The van der Waals surface area contributed by atoms with E-state index >= 15 is 0 Å². The van der Waals surface area contributed by atoms with Crippen molar-refractivity contribution in [1.82, 2.24) is 4.98 Å². The summed E-state index contributed by atoms with van der Waals surface area (Å²) < 4.78 is 9.79. The molecule has 2 rings (SSSR count). The lowest BCUT2D eigenvalue weighted by Crippen LogP contribution is -2.14. The number of carbonyl (C=O) groups is 3. The maximum atomic E-state index is 12.2. The topological polar surface area (TPSA) is 85.5 Å². The van der Waals surface area contributed by atoms with Gasteiger partial charge in [0.15, 0.2) is 6.61 Å². The van der Waals surface area contributed by atoms with Crippen molar-refractivity contribution < 1.29 is 23.9 Å². The number of ether oxygens (including phenoxy) is 2. The van der Waals surface area contributed by atoms with Crippen LogP contribution in [0.25, 0.3) is 0 Å². The van der Waals surface area contributed by atoms with E-state index in [0.29, 0.717) is 28.1 Å². The zero-order valence-electron chi connectivity index (χ0n) is 13.1. The lowest BCUT2D eigenvalue weighted by Gasteiger charge is -2.03. The molecule has 0 aliphatic carbocycles. The highest BCUT2D eigenvalue weighted by molar-refractivity contribution is 7.12. The molecule has 0 atom stereocenters. The van der Waals surface area contributed by atoms with E-state index in [1.54, 1.807) is 24.4 Å². The standard InChI is InChI=1S/C16H17NO5S/c1-4-10-13(15(19)21-3)9(2)14(17-10)16(20)22-8-11(18)12-6-5-7-23-12/h5-7,17H,4,8H2,1-3H3. The molecule has 0 radical (unpaired) electrons. The Bertz CT molecular complexity index is 730. The Morgan fingerprint density at radius 1 is 1.26 bits per heavy atom. The molecule has 122 valence electrons. The highest BCUT2D eigenvalue weighted by atomic mass is 32.1. The minimum Gasteiger partial charge on any atom is -0.465 e. The van der Waals surface area contributed by atoms with E-state index in [9.17, 15) is 14.4 Å². The van der Waals surface area contributed by atoms with Crippen LogP contribution in [0.3, 0.4) is 0 Å². The monoisotopic (exact) mass is 335 g/mol. The van der Waals surface area contributed by atoms with Gasteiger partial charge < -0.3 is 14.5 Å². The van der Waals surface area contributed by atoms with Gasteiger partial charge in [-0.05, 0) is 30.4 Å². The number of aromatic amines is 1. The van der Waals surface area contributed by atoms with Crippen molar-refractivity contribution in [3.05, 3.63) is 44.9 Å². The summed E-state index contributed by atoms with van der Waals surface area (Å²) in [6.45, 7) is 3.15. The summed E-state index contributed by atoms with van der Waals surface area (Å²) in [4.78, 5) is 39.3. The molecule has 7 heteroatoms. The fourth-order valence-corrected chi connectivity index (χ4v) is 2.87. The number of aromatic nitrogens is 1. The number of nitrogens with one attached hydrogen (secondary N) is 1. The number of hydrogen-bond donors (Lipinski definition) is 1. The summed E-state index contributed by atoms with van der Waals surface area (Å²) in [5.41, 5.74) is 1.57. The third kappa shape index (κ3) is 3.50. The molecular weight excluding hydrogens is 318 g/mol. The minimum absolute atomic E-state index is 0.168. The first-order chi connectivity index (χ1) is 11.0. The molecule has 2 heterocycles.